The minimum absolute atomic E-state index is 0.0448. The number of halogens is 1. The van der Waals surface area contributed by atoms with Gasteiger partial charge in [0, 0.05) is 31.9 Å². The molecule has 0 radical (unpaired) electrons. The molecule has 0 bridgehead atoms. The van der Waals surface area contributed by atoms with Gasteiger partial charge in [-0.2, -0.15) is 0 Å². The van der Waals surface area contributed by atoms with Gasteiger partial charge in [-0.25, -0.2) is 4.39 Å². The van der Waals surface area contributed by atoms with E-state index in [9.17, 15) is 14.0 Å². The largest absolute Gasteiger partial charge is 0.489 e. The summed E-state index contributed by atoms with van der Waals surface area (Å²) in [5.41, 5.74) is 0.931. The Bertz CT molecular complexity index is 770. The summed E-state index contributed by atoms with van der Waals surface area (Å²) >= 11 is 0. The fraction of sp³-hybridized carbons (Fsp3) is 0.316. The van der Waals surface area contributed by atoms with Gasteiger partial charge in [0.05, 0.1) is 12.5 Å². The van der Waals surface area contributed by atoms with Gasteiger partial charge in [-0.3, -0.25) is 14.6 Å². The number of ether oxygens (including phenoxy) is 1. The van der Waals surface area contributed by atoms with Gasteiger partial charge in [-0.1, -0.05) is 18.2 Å². The van der Waals surface area contributed by atoms with Crippen LogP contribution >= 0.6 is 0 Å². The molecule has 3 rings (SSSR count). The van der Waals surface area contributed by atoms with Crippen molar-refractivity contribution in [1.82, 2.24) is 15.2 Å². The van der Waals surface area contributed by atoms with E-state index in [0.717, 1.165) is 5.56 Å². The zero-order chi connectivity index (χ0) is 18.4. The Morgan fingerprint density at radius 1 is 1.31 bits per heavy atom. The average molecular weight is 357 g/mol. The Morgan fingerprint density at radius 3 is 2.92 bits per heavy atom. The fourth-order valence-corrected chi connectivity index (χ4v) is 2.85. The molecule has 1 aromatic heterocycles. The monoisotopic (exact) mass is 357 g/mol. The van der Waals surface area contributed by atoms with Crippen LogP contribution in [0, 0.1) is 11.7 Å². The van der Waals surface area contributed by atoms with Gasteiger partial charge < -0.3 is 15.0 Å². The molecule has 1 atom stereocenters. The highest BCUT2D eigenvalue weighted by Crippen LogP contribution is 2.20. The summed E-state index contributed by atoms with van der Waals surface area (Å²) in [7, 11) is 0. The third kappa shape index (κ3) is 4.56. The molecule has 1 N–H and O–H groups in total. The number of hydrogen-bond acceptors (Lipinski definition) is 4. The van der Waals surface area contributed by atoms with Crippen LogP contribution < -0.4 is 10.1 Å². The first-order valence-corrected chi connectivity index (χ1v) is 8.45. The van der Waals surface area contributed by atoms with Crippen molar-refractivity contribution in [2.75, 3.05) is 19.7 Å². The van der Waals surface area contributed by atoms with Crippen LogP contribution in [-0.2, 0) is 16.1 Å². The summed E-state index contributed by atoms with van der Waals surface area (Å²) in [6.45, 7) is 1.24. The maximum absolute atomic E-state index is 13.4. The summed E-state index contributed by atoms with van der Waals surface area (Å²) in [4.78, 5) is 30.0. The van der Waals surface area contributed by atoms with E-state index in [1.54, 1.807) is 29.4 Å². The van der Waals surface area contributed by atoms with Gasteiger partial charge in [0.15, 0.2) is 11.6 Å². The van der Waals surface area contributed by atoms with E-state index in [1.165, 1.54) is 12.1 Å². The van der Waals surface area contributed by atoms with Crippen LogP contribution in [0.1, 0.15) is 12.0 Å². The van der Waals surface area contributed by atoms with E-state index in [1.807, 2.05) is 12.1 Å². The lowest BCUT2D eigenvalue weighted by Gasteiger charge is -2.16. The fourth-order valence-electron chi connectivity index (χ4n) is 2.85. The number of amides is 2. The second-order valence-corrected chi connectivity index (χ2v) is 6.11. The molecular weight excluding hydrogens is 337 g/mol. The lowest BCUT2D eigenvalue weighted by molar-refractivity contribution is -0.129. The van der Waals surface area contributed by atoms with E-state index >= 15 is 0 Å². The highest BCUT2D eigenvalue weighted by Gasteiger charge is 2.34. The van der Waals surface area contributed by atoms with Crippen LogP contribution in [0.3, 0.4) is 0 Å². The molecule has 136 valence electrons. The number of para-hydroxylation sites is 1. The molecule has 1 saturated heterocycles. The minimum Gasteiger partial charge on any atom is -0.489 e. The number of carbonyl (C=O) groups excluding carboxylic acids is 2. The third-order valence-corrected chi connectivity index (χ3v) is 4.18. The van der Waals surface area contributed by atoms with Gasteiger partial charge in [0.1, 0.15) is 6.61 Å². The van der Waals surface area contributed by atoms with E-state index in [4.69, 9.17) is 4.74 Å². The highest BCUT2D eigenvalue weighted by atomic mass is 19.1. The number of benzene rings is 1. The molecular formula is C19H20FN3O3. The molecule has 0 saturated carbocycles. The minimum atomic E-state index is -0.439. The second-order valence-electron chi connectivity index (χ2n) is 6.11. The average Bonchev–Trinajstić information content (AvgIpc) is 3.01. The summed E-state index contributed by atoms with van der Waals surface area (Å²) in [6, 6.07) is 9.82. The lowest BCUT2D eigenvalue weighted by Crippen LogP contribution is -2.35. The predicted octanol–water partition coefficient (Wildman–Crippen LogP) is 1.76. The maximum Gasteiger partial charge on any atom is 0.225 e. The molecule has 1 fully saturated rings. The number of nitrogens with one attached hydrogen (secondary N) is 1. The summed E-state index contributed by atoms with van der Waals surface area (Å²) in [6.07, 6.45) is 3.58. The van der Waals surface area contributed by atoms with Crippen LogP contribution in [0.25, 0.3) is 0 Å². The first-order chi connectivity index (χ1) is 12.6. The van der Waals surface area contributed by atoms with Crippen molar-refractivity contribution in [3.05, 3.63) is 60.2 Å². The van der Waals surface area contributed by atoms with Crippen molar-refractivity contribution in [3.8, 4) is 5.75 Å². The topological polar surface area (TPSA) is 71.5 Å². The first kappa shape index (κ1) is 17.8. The standard InChI is InChI=1S/C19H20FN3O3/c20-16-5-1-2-6-17(16)26-9-8-22-19(25)15-10-18(24)23(13-15)12-14-4-3-7-21-11-14/h1-7,11,15H,8-10,12-13H2,(H,22,25)/t15-/m0/s1. The van der Waals surface area contributed by atoms with Gasteiger partial charge in [0.2, 0.25) is 11.8 Å². The molecule has 0 aliphatic carbocycles. The molecule has 2 heterocycles. The third-order valence-electron chi connectivity index (χ3n) is 4.18. The lowest BCUT2D eigenvalue weighted by atomic mass is 10.1. The molecule has 2 amide bonds. The van der Waals surface area contributed by atoms with Crippen LogP contribution in [0.5, 0.6) is 5.75 Å². The number of aromatic nitrogens is 1. The quantitative estimate of drug-likeness (QED) is 0.767. The second kappa shape index (κ2) is 8.42. The van der Waals surface area contributed by atoms with Crippen molar-refractivity contribution in [2.45, 2.75) is 13.0 Å². The Kier molecular flexibility index (Phi) is 5.78. The predicted molar refractivity (Wildman–Crippen MR) is 92.7 cm³/mol. The summed E-state index contributed by atoms with van der Waals surface area (Å²) < 4.78 is 18.7. The van der Waals surface area contributed by atoms with Crippen molar-refractivity contribution in [1.29, 1.82) is 0 Å². The number of rotatable bonds is 7. The molecule has 2 aromatic rings. The van der Waals surface area contributed by atoms with E-state index in [-0.39, 0.29) is 43.1 Å². The van der Waals surface area contributed by atoms with E-state index < -0.39 is 5.82 Å². The molecule has 0 spiro atoms. The smallest absolute Gasteiger partial charge is 0.225 e. The number of nitrogens with zero attached hydrogens (tertiary/aromatic N) is 2. The number of carbonyl (C=O) groups is 2. The van der Waals surface area contributed by atoms with Crippen molar-refractivity contribution >= 4 is 11.8 Å². The zero-order valence-corrected chi connectivity index (χ0v) is 14.2. The normalized spacial score (nSPS) is 16.6. The summed E-state index contributed by atoms with van der Waals surface area (Å²) in [5, 5.41) is 2.74. The number of pyridine rings is 1. The van der Waals surface area contributed by atoms with Crippen LogP contribution in [-0.4, -0.2) is 41.4 Å². The van der Waals surface area contributed by atoms with Gasteiger partial charge in [-0.05, 0) is 23.8 Å². The first-order valence-electron chi connectivity index (χ1n) is 8.45. The summed E-state index contributed by atoms with van der Waals surface area (Å²) in [5.74, 6) is -0.903. The molecule has 6 nitrogen and oxygen atoms in total. The van der Waals surface area contributed by atoms with Crippen LogP contribution in [0.15, 0.2) is 48.8 Å². The van der Waals surface area contributed by atoms with Crippen molar-refractivity contribution in [2.24, 2.45) is 5.92 Å². The Hall–Kier alpha value is -2.96. The molecule has 0 unspecified atom stereocenters. The Balaban J connectivity index is 1.42. The van der Waals surface area contributed by atoms with Gasteiger partial charge in [-0.15, -0.1) is 0 Å². The highest BCUT2D eigenvalue weighted by molar-refractivity contribution is 5.89. The van der Waals surface area contributed by atoms with E-state index in [2.05, 4.69) is 10.3 Å². The SMILES string of the molecule is O=C(NCCOc1ccccc1F)[C@H]1CC(=O)N(Cc2cccnc2)C1. The Labute approximate surface area is 151 Å². The molecule has 7 heteroatoms. The van der Waals surface area contributed by atoms with E-state index in [0.29, 0.717) is 13.1 Å². The van der Waals surface area contributed by atoms with Crippen molar-refractivity contribution < 1.29 is 18.7 Å². The van der Waals surface area contributed by atoms with Gasteiger partial charge in [0.25, 0.3) is 0 Å². The number of hydrogen-bond donors (Lipinski definition) is 1. The zero-order valence-electron chi connectivity index (χ0n) is 14.2. The van der Waals surface area contributed by atoms with Gasteiger partial charge >= 0.3 is 0 Å². The molecule has 26 heavy (non-hydrogen) atoms. The molecule has 1 aliphatic heterocycles. The van der Waals surface area contributed by atoms with Crippen LogP contribution in [0.2, 0.25) is 0 Å². The molecule has 1 aliphatic rings. The Morgan fingerprint density at radius 2 is 2.15 bits per heavy atom. The maximum atomic E-state index is 13.4. The molecule has 1 aromatic carbocycles. The van der Waals surface area contributed by atoms with Crippen LogP contribution in [0.4, 0.5) is 4.39 Å². The van der Waals surface area contributed by atoms with Crippen molar-refractivity contribution in [3.63, 3.8) is 0 Å². The number of likely N-dealkylation sites (tertiary alicyclic amines) is 1.